The number of alkyl halides is 2. The maximum Gasteiger partial charge on any atom is 0.288 e. The van der Waals surface area contributed by atoms with Gasteiger partial charge in [-0.05, 0) is 49.2 Å². The summed E-state index contributed by atoms with van der Waals surface area (Å²) in [4.78, 5) is 24.4. The second-order valence-electron chi connectivity index (χ2n) is 5.40. The van der Waals surface area contributed by atoms with Gasteiger partial charge in [0.15, 0.2) is 0 Å². The molecule has 2 aromatic rings. The molecule has 0 atom stereocenters. The number of aryl methyl sites for hydroxylation is 2. The van der Waals surface area contributed by atoms with Gasteiger partial charge in [0.25, 0.3) is 11.7 Å². The molecule has 0 aliphatic carbocycles. The molecule has 0 aliphatic heterocycles. The van der Waals surface area contributed by atoms with Crippen molar-refractivity contribution in [1.82, 2.24) is 5.32 Å². The van der Waals surface area contributed by atoms with Crippen molar-refractivity contribution < 1.29 is 18.4 Å². The second-order valence-corrected chi connectivity index (χ2v) is 6.46. The lowest BCUT2D eigenvalue weighted by Gasteiger charge is -2.12. The van der Waals surface area contributed by atoms with Gasteiger partial charge in [0.1, 0.15) is 0 Å². The fourth-order valence-corrected chi connectivity index (χ4v) is 2.74. The molecule has 0 saturated heterocycles. The standard InChI is InChI=1S/C18H18F2N2O2S/c1-11-4-3-5-12(2)16(11)22-15(23)10-21-17(24)13-6-8-14(9-7-13)25-18(19)20/h3-9,18H,10H2,1-2H3,(H,21,24)(H,22,23). The maximum absolute atomic E-state index is 12.3. The number of carbonyl (C=O) groups excluding carboxylic acids is 2. The number of para-hydroxylation sites is 1. The van der Waals surface area contributed by atoms with Crippen LogP contribution in [0, 0.1) is 13.8 Å². The zero-order valence-corrected chi connectivity index (χ0v) is 14.6. The summed E-state index contributed by atoms with van der Waals surface area (Å²) in [5.74, 6) is -3.28. The molecule has 132 valence electrons. The Morgan fingerprint density at radius 2 is 1.64 bits per heavy atom. The first-order valence-electron chi connectivity index (χ1n) is 7.56. The van der Waals surface area contributed by atoms with Crippen molar-refractivity contribution in [1.29, 1.82) is 0 Å². The molecule has 0 aliphatic rings. The zero-order chi connectivity index (χ0) is 18.4. The van der Waals surface area contributed by atoms with Crippen molar-refractivity contribution in [3.63, 3.8) is 0 Å². The van der Waals surface area contributed by atoms with Crippen molar-refractivity contribution in [2.75, 3.05) is 11.9 Å². The van der Waals surface area contributed by atoms with Gasteiger partial charge in [0.05, 0.1) is 6.54 Å². The highest BCUT2D eigenvalue weighted by atomic mass is 32.2. The van der Waals surface area contributed by atoms with Gasteiger partial charge < -0.3 is 10.6 Å². The van der Waals surface area contributed by atoms with Gasteiger partial charge in [-0.25, -0.2) is 0 Å². The summed E-state index contributed by atoms with van der Waals surface area (Å²) in [6.07, 6.45) is 0. The number of thioether (sulfide) groups is 1. The minimum Gasteiger partial charge on any atom is -0.343 e. The van der Waals surface area contributed by atoms with Crippen molar-refractivity contribution in [2.45, 2.75) is 24.5 Å². The molecule has 0 unspecified atom stereocenters. The summed E-state index contributed by atoms with van der Waals surface area (Å²) >= 11 is 0.412. The highest BCUT2D eigenvalue weighted by Crippen LogP contribution is 2.25. The molecule has 4 nitrogen and oxygen atoms in total. The second kappa shape index (κ2) is 8.62. The quantitative estimate of drug-likeness (QED) is 0.762. The van der Waals surface area contributed by atoms with E-state index in [0.29, 0.717) is 22.2 Å². The van der Waals surface area contributed by atoms with Crippen LogP contribution in [0.1, 0.15) is 21.5 Å². The Hall–Kier alpha value is -2.41. The summed E-state index contributed by atoms with van der Waals surface area (Å²) in [6, 6.07) is 11.5. The number of anilines is 1. The lowest BCUT2D eigenvalue weighted by Crippen LogP contribution is -2.33. The van der Waals surface area contributed by atoms with E-state index in [1.807, 2.05) is 32.0 Å². The molecule has 2 N–H and O–H groups in total. The minimum atomic E-state index is -2.51. The van der Waals surface area contributed by atoms with E-state index in [2.05, 4.69) is 10.6 Å². The number of hydrogen-bond acceptors (Lipinski definition) is 3. The number of hydrogen-bond donors (Lipinski definition) is 2. The summed E-state index contributed by atoms with van der Waals surface area (Å²) in [7, 11) is 0. The fourth-order valence-electron chi connectivity index (χ4n) is 2.25. The molecular formula is C18H18F2N2O2S. The van der Waals surface area contributed by atoms with Crippen LogP contribution >= 0.6 is 11.8 Å². The Morgan fingerprint density at radius 1 is 1.04 bits per heavy atom. The Balaban J connectivity index is 1.90. The van der Waals surface area contributed by atoms with Gasteiger partial charge in [-0.3, -0.25) is 9.59 Å². The molecule has 0 radical (unpaired) electrons. The van der Waals surface area contributed by atoms with Crippen LogP contribution in [0.4, 0.5) is 14.5 Å². The predicted octanol–water partition coefficient (Wildman–Crippen LogP) is 3.99. The van der Waals surface area contributed by atoms with Gasteiger partial charge in [-0.1, -0.05) is 30.0 Å². The molecule has 0 aromatic heterocycles. The van der Waals surface area contributed by atoms with Gasteiger partial charge in [0, 0.05) is 16.1 Å². The SMILES string of the molecule is Cc1cccc(C)c1NC(=O)CNC(=O)c1ccc(SC(F)F)cc1. The van der Waals surface area contributed by atoms with Crippen LogP contribution in [0.15, 0.2) is 47.4 Å². The van der Waals surface area contributed by atoms with Crippen LogP contribution in [0.2, 0.25) is 0 Å². The Bertz CT molecular complexity index is 744. The maximum atomic E-state index is 12.3. The Kier molecular flexibility index (Phi) is 6.52. The average Bonchev–Trinajstić information content (AvgIpc) is 2.56. The molecular weight excluding hydrogens is 346 g/mol. The van der Waals surface area contributed by atoms with E-state index < -0.39 is 11.7 Å². The lowest BCUT2D eigenvalue weighted by atomic mass is 10.1. The number of rotatable bonds is 6. The fraction of sp³-hybridized carbons (Fsp3) is 0.222. The molecule has 0 bridgehead atoms. The highest BCUT2D eigenvalue weighted by molar-refractivity contribution is 7.99. The number of nitrogens with one attached hydrogen (secondary N) is 2. The normalized spacial score (nSPS) is 10.6. The van der Waals surface area contributed by atoms with Gasteiger partial charge in [-0.15, -0.1) is 0 Å². The molecule has 0 spiro atoms. The molecule has 0 fully saturated rings. The molecule has 0 heterocycles. The first-order valence-corrected chi connectivity index (χ1v) is 8.44. The number of benzene rings is 2. The van der Waals surface area contributed by atoms with Gasteiger partial charge >= 0.3 is 0 Å². The smallest absolute Gasteiger partial charge is 0.288 e. The van der Waals surface area contributed by atoms with Crippen LogP contribution < -0.4 is 10.6 Å². The minimum absolute atomic E-state index is 0.180. The van der Waals surface area contributed by atoms with Crippen molar-refractivity contribution in [3.05, 3.63) is 59.2 Å². The monoisotopic (exact) mass is 364 g/mol. The predicted molar refractivity (Wildman–Crippen MR) is 95.2 cm³/mol. The molecule has 2 rings (SSSR count). The van der Waals surface area contributed by atoms with Crippen LogP contribution in [-0.4, -0.2) is 24.1 Å². The van der Waals surface area contributed by atoms with Crippen LogP contribution in [-0.2, 0) is 4.79 Å². The number of amides is 2. The topological polar surface area (TPSA) is 58.2 Å². The van der Waals surface area contributed by atoms with E-state index in [0.717, 1.165) is 16.8 Å². The summed E-state index contributed by atoms with van der Waals surface area (Å²) in [5, 5.41) is 5.29. The number of halogens is 2. The first-order chi connectivity index (χ1) is 11.9. The molecule has 7 heteroatoms. The zero-order valence-electron chi connectivity index (χ0n) is 13.8. The molecule has 2 aromatic carbocycles. The Labute approximate surface area is 149 Å². The number of carbonyl (C=O) groups is 2. The summed E-state index contributed by atoms with van der Waals surface area (Å²) in [6.45, 7) is 3.60. The van der Waals surface area contributed by atoms with Crippen LogP contribution in [0.25, 0.3) is 0 Å². The lowest BCUT2D eigenvalue weighted by molar-refractivity contribution is -0.115. The van der Waals surface area contributed by atoms with E-state index in [1.165, 1.54) is 24.3 Å². The first kappa shape index (κ1) is 18.9. The van der Waals surface area contributed by atoms with Gasteiger partial charge in [-0.2, -0.15) is 8.78 Å². The van der Waals surface area contributed by atoms with Crippen LogP contribution in [0.5, 0.6) is 0 Å². The van der Waals surface area contributed by atoms with Crippen molar-refractivity contribution in [2.24, 2.45) is 0 Å². The Morgan fingerprint density at radius 3 is 2.20 bits per heavy atom. The third-order valence-corrected chi connectivity index (χ3v) is 4.22. The third kappa shape index (κ3) is 5.56. The van der Waals surface area contributed by atoms with E-state index in [-0.39, 0.29) is 12.5 Å². The van der Waals surface area contributed by atoms with Gasteiger partial charge in [0.2, 0.25) is 5.91 Å². The van der Waals surface area contributed by atoms with Crippen LogP contribution in [0.3, 0.4) is 0 Å². The summed E-state index contributed by atoms with van der Waals surface area (Å²) in [5.41, 5.74) is 2.91. The van der Waals surface area contributed by atoms with E-state index >= 15 is 0 Å². The van der Waals surface area contributed by atoms with E-state index in [9.17, 15) is 18.4 Å². The van der Waals surface area contributed by atoms with Crippen molar-refractivity contribution >= 4 is 29.3 Å². The highest BCUT2D eigenvalue weighted by Gasteiger charge is 2.11. The van der Waals surface area contributed by atoms with Crippen molar-refractivity contribution in [3.8, 4) is 0 Å². The average molecular weight is 364 g/mol. The molecule has 2 amide bonds. The van der Waals surface area contributed by atoms with E-state index in [4.69, 9.17) is 0 Å². The third-order valence-electron chi connectivity index (χ3n) is 3.50. The molecule has 25 heavy (non-hydrogen) atoms. The largest absolute Gasteiger partial charge is 0.343 e. The molecule has 0 saturated carbocycles. The van der Waals surface area contributed by atoms with E-state index in [1.54, 1.807) is 0 Å². The summed E-state index contributed by atoms with van der Waals surface area (Å²) < 4.78 is 24.5.